The molecule has 198 valence electrons. The highest BCUT2D eigenvalue weighted by atomic mass is 19.4. The fourth-order valence-corrected chi connectivity index (χ4v) is 5.74. The number of nitrogens with zero attached hydrogens (tertiary/aromatic N) is 1. The topological polar surface area (TPSA) is 65.3 Å². The zero-order chi connectivity index (χ0) is 28.0. The molecule has 0 aliphatic rings. The summed E-state index contributed by atoms with van der Waals surface area (Å²) in [6.07, 6.45) is -4.60. The lowest BCUT2D eigenvalue weighted by Crippen LogP contribution is -2.08. The van der Waals surface area contributed by atoms with Gasteiger partial charge in [0.05, 0.1) is 43.8 Å². The zero-order valence-electron chi connectivity index (χ0n) is 21.0. The van der Waals surface area contributed by atoms with Crippen LogP contribution in [0.25, 0.3) is 71.4 Å². The molecule has 0 aliphatic heterocycles. The Labute approximate surface area is 227 Å². The minimum Gasteiger partial charge on any atom is -0.456 e. The minimum absolute atomic E-state index is 0.0105. The number of para-hydroxylation sites is 3. The molecule has 8 rings (SSSR count). The van der Waals surface area contributed by atoms with Gasteiger partial charge in [-0.15, -0.1) is 0 Å². The second-order valence-electron chi connectivity index (χ2n) is 9.94. The summed E-state index contributed by atoms with van der Waals surface area (Å²) >= 11 is 0. The number of alkyl halides is 3. The molecule has 3 aromatic heterocycles. The highest BCUT2D eigenvalue weighted by Gasteiger charge is 2.31. The van der Waals surface area contributed by atoms with Crippen molar-refractivity contribution in [2.24, 2.45) is 0 Å². The normalized spacial score (nSPS) is 12.5. The Hall–Kier alpha value is -5.37. The number of halogens is 3. The molecular weight excluding hydrogens is 531 g/mol. The molecule has 0 aliphatic carbocycles. The third kappa shape index (κ3) is 3.30. The molecule has 0 unspecified atom stereocenters. The second-order valence-corrected chi connectivity index (χ2v) is 9.94. The van der Waals surface area contributed by atoms with Crippen molar-refractivity contribution in [3.05, 3.63) is 123 Å². The van der Waals surface area contributed by atoms with E-state index in [1.165, 1.54) is 12.1 Å². The van der Waals surface area contributed by atoms with Gasteiger partial charge in [0.25, 0.3) is 0 Å². The molecule has 0 saturated heterocycles. The maximum atomic E-state index is 13.8. The van der Waals surface area contributed by atoms with Crippen molar-refractivity contribution in [3.63, 3.8) is 0 Å². The molecule has 0 atom stereocenters. The van der Waals surface area contributed by atoms with E-state index in [2.05, 4.69) is 0 Å². The summed E-state index contributed by atoms with van der Waals surface area (Å²) in [5, 5.41) is 2.65. The van der Waals surface area contributed by atoms with Crippen LogP contribution in [0.4, 0.5) is 13.2 Å². The SMILES string of the molecule is O=c1c2ccc(C(F)(F)F)cc2oc2cc3oc4c(-n5c6ccccc6c6ccccc65)cccc4c(=O)c3cc12. The van der Waals surface area contributed by atoms with Crippen molar-refractivity contribution in [1.82, 2.24) is 4.57 Å². The van der Waals surface area contributed by atoms with Crippen LogP contribution in [0.1, 0.15) is 5.56 Å². The summed E-state index contributed by atoms with van der Waals surface area (Å²) in [7, 11) is 0. The molecule has 0 N–H and O–H groups in total. The molecule has 8 heteroatoms. The van der Waals surface area contributed by atoms with Crippen molar-refractivity contribution in [3.8, 4) is 5.69 Å². The Morgan fingerprint density at radius 1 is 0.537 bits per heavy atom. The van der Waals surface area contributed by atoms with Crippen LogP contribution >= 0.6 is 0 Å². The van der Waals surface area contributed by atoms with E-state index in [0.717, 1.165) is 40.0 Å². The summed E-state index contributed by atoms with van der Waals surface area (Å²) in [5.41, 5.74) is 1.01. The number of hydrogen-bond donors (Lipinski definition) is 0. The summed E-state index contributed by atoms with van der Waals surface area (Å²) in [6, 6.07) is 26.7. The number of aromatic nitrogens is 1. The first-order chi connectivity index (χ1) is 19.8. The Balaban J connectivity index is 1.47. The molecule has 8 aromatic rings. The van der Waals surface area contributed by atoms with E-state index in [9.17, 15) is 22.8 Å². The molecule has 0 saturated carbocycles. The maximum Gasteiger partial charge on any atom is 0.416 e. The molecule has 0 fully saturated rings. The number of hydrogen-bond acceptors (Lipinski definition) is 4. The van der Waals surface area contributed by atoms with E-state index in [4.69, 9.17) is 8.83 Å². The van der Waals surface area contributed by atoms with Crippen molar-refractivity contribution in [1.29, 1.82) is 0 Å². The van der Waals surface area contributed by atoms with E-state index in [1.807, 2.05) is 59.2 Å². The number of benzene rings is 5. The Kier molecular flexibility index (Phi) is 4.63. The van der Waals surface area contributed by atoms with Gasteiger partial charge >= 0.3 is 6.18 Å². The average molecular weight is 547 g/mol. The smallest absolute Gasteiger partial charge is 0.416 e. The minimum atomic E-state index is -4.60. The van der Waals surface area contributed by atoms with E-state index in [1.54, 1.807) is 12.1 Å². The van der Waals surface area contributed by atoms with Crippen molar-refractivity contribution in [2.45, 2.75) is 6.18 Å². The summed E-state index contributed by atoms with van der Waals surface area (Å²) in [4.78, 5) is 27.0. The standard InChI is InChI=1S/C33H16F3NO4/c34-33(35,36)17-12-13-20-27(14-17)40-28-16-29-23(15-22(28)30(20)38)31(39)21-8-5-11-26(32(21)41-29)37-24-9-3-1-6-18(24)19-7-2-4-10-25(19)37/h1-16H. The van der Waals surface area contributed by atoms with Crippen LogP contribution in [0.15, 0.2) is 115 Å². The summed E-state index contributed by atoms with van der Waals surface area (Å²) < 4.78 is 54.1. The molecule has 0 amide bonds. The lowest BCUT2D eigenvalue weighted by Gasteiger charge is -2.12. The van der Waals surface area contributed by atoms with Gasteiger partial charge in [-0.2, -0.15) is 13.2 Å². The predicted octanol–water partition coefficient (Wildman–Crippen LogP) is 8.32. The predicted molar refractivity (Wildman–Crippen MR) is 153 cm³/mol. The molecule has 0 bridgehead atoms. The molecule has 41 heavy (non-hydrogen) atoms. The van der Waals surface area contributed by atoms with Crippen LogP contribution in [-0.2, 0) is 6.18 Å². The lowest BCUT2D eigenvalue weighted by atomic mass is 10.1. The van der Waals surface area contributed by atoms with Crippen LogP contribution < -0.4 is 10.9 Å². The first-order valence-corrected chi connectivity index (χ1v) is 12.8. The van der Waals surface area contributed by atoms with Gasteiger partial charge < -0.3 is 13.4 Å². The molecule has 0 spiro atoms. The number of fused-ring (bicyclic) bond motifs is 7. The largest absolute Gasteiger partial charge is 0.456 e. The van der Waals surface area contributed by atoms with Crippen molar-refractivity contribution in [2.75, 3.05) is 0 Å². The van der Waals surface area contributed by atoms with Crippen LogP contribution in [-0.4, -0.2) is 4.57 Å². The Bertz CT molecular complexity index is 2470. The first-order valence-electron chi connectivity index (χ1n) is 12.8. The monoisotopic (exact) mass is 547 g/mol. The van der Waals surface area contributed by atoms with Crippen LogP contribution in [0.3, 0.4) is 0 Å². The van der Waals surface area contributed by atoms with Crippen LogP contribution in [0.2, 0.25) is 0 Å². The highest BCUT2D eigenvalue weighted by Crippen LogP contribution is 2.36. The van der Waals surface area contributed by atoms with E-state index >= 15 is 0 Å². The van der Waals surface area contributed by atoms with Gasteiger partial charge in [-0.25, -0.2) is 0 Å². The fraction of sp³-hybridized carbons (Fsp3) is 0.0303. The van der Waals surface area contributed by atoms with E-state index < -0.39 is 17.2 Å². The van der Waals surface area contributed by atoms with Crippen LogP contribution in [0, 0.1) is 0 Å². The molecule has 5 aromatic carbocycles. The Morgan fingerprint density at radius 3 is 1.80 bits per heavy atom. The van der Waals surface area contributed by atoms with Gasteiger partial charge in [0, 0.05) is 16.8 Å². The maximum absolute atomic E-state index is 13.8. The van der Waals surface area contributed by atoms with Gasteiger partial charge in [0.15, 0.2) is 5.58 Å². The Morgan fingerprint density at radius 2 is 1.12 bits per heavy atom. The summed E-state index contributed by atoms with van der Waals surface area (Å²) in [5.74, 6) is 0. The molecule has 0 radical (unpaired) electrons. The summed E-state index contributed by atoms with van der Waals surface area (Å²) in [6.45, 7) is 0. The van der Waals surface area contributed by atoms with Gasteiger partial charge in [-0.1, -0.05) is 42.5 Å². The lowest BCUT2D eigenvalue weighted by molar-refractivity contribution is -0.137. The molecular formula is C33H16F3NO4. The van der Waals surface area contributed by atoms with Gasteiger partial charge in [0.1, 0.15) is 16.7 Å². The zero-order valence-corrected chi connectivity index (χ0v) is 21.0. The third-order valence-corrected chi connectivity index (χ3v) is 7.62. The van der Waals surface area contributed by atoms with Gasteiger partial charge in [-0.05, 0) is 48.5 Å². The number of rotatable bonds is 1. The van der Waals surface area contributed by atoms with Crippen molar-refractivity contribution < 1.29 is 22.0 Å². The van der Waals surface area contributed by atoms with E-state index in [0.29, 0.717) is 16.7 Å². The molecule has 5 nitrogen and oxygen atoms in total. The molecule has 3 heterocycles. The quantitative estimate of drug-likeness (QED) is 0.194. The van der Waals surface area contributed by atoms with Gasteiger partial charge in [-0.3, -0.25) is 9.59 Å². The van der Waals surface area contributed by atoms with Crippen molar-refractivity contribution >= 4 is 65.7 Å². The van der Waals surface area contributed by atoms with E-state index in [-0.39, 0.29) is 38.3 Å². The van der Waals surface area contributed by atoms with Crippen LogP contribution in [0.5, 0.6) is 0 Å². The first kappa shape index (κ1) is 23.5. The average Bonchev–Trinajstić information content (AvgIpc) is 3.30. The fourth-order valence-electron chi connectivity index (χ4n) is 5.74. The second kappa shape index (κ2) is 8.08. The third-order valence-electron chi connectivity index (χ3n) is 7.62. The van der Waals surface area contributed by atoms with Gasteiger partial charge in [0.2, 0.25) is 10.9 Å². The highest BCUT2D eigenvalue weighted by molar-refractivity contribution is 6.10.